The van der Waals surface area contributed by atoms with E-state index in [4.69, 9.17) is 15.2 Å². The molecule has 1 fully saturated rings. The van der Waals surface area contributed by atoms with Crippen molar-refractivity contribution in [3.8, 4) is 11.5 Å². The van der Waals surface area contributed by atoms with Gasteiger partial charge in [-0.3, -0.25) is 0 Å². The van der Waals surface area contributed by atoms with Crippen LogP contribution in [0.3, 0.4) is 0 Å². The lowest BCUT2D eigenvalue weighted by molar-refractivity contribution is 0.172. The van der Waals surface area contributed by atoms with Gasteiger partial charge in [-0.25, -0.2) is 0 Å². The van der Waals surface area contributed by atoms with Gasteiger partial charge in [0.1, 0.15) is 13.2 Å². The van der Waals surface area contributed by atoms with E-state index in [9.17, 15) is 0 Å². The highest BCUT2D eigenvalue weighted by molar-refractivity contribution is 5.72. The fourth-order valence-electron chi connectivity index (χ4n) is 3.01. The van der Waals surface area contributed by atoms with E-state index in [-0.39, 0.29) is 0 Å². The van der Waals surface area contributed by atoms with Crippen LogP contribution in [0, 0.1) is 5.92 Å². The summed E-state index contributed by atoms with van der Waals surface area (Å²) in [6.45, 7) is 3.52. The normalized spacial score (nSPS) is 25.9. The van der Waals surface area contributed by atoms with Gasteiger partial charge < -0.3 is 20.5 Å². The summed E-state index contributed by atoms with van der Waals surface area (Å²) < 4.78 is 11.1. The molecule has 0 aromatic heterocycles. The number of hydrogen-bond donors (Lipinski definition) is 2. The SMILES string of the molecule is CC1CCCC(Nc2cc3c(cc2N)OCCO3)C1. The molecule has 1 aliphatic carbocycles. The highest BCUT2D eigenvalue weighted by atomic mass is 16.6. The van der Waals surface area contributed by atoms with Crippen LogP contribution in [0.4, 0.5) is 11.4 Å². The molecule has 3 N–H and O–H groups in total. The van der Waals surface area contributed by atoms with Gasteiger partial charge in [0.15, 0.2) is 11.5 Å². The Morgan fingerprint density at radius 2 is 1.89 bits per heavy atom. The number of rotatable bonds is 2. The first-order chi connectivity index (χ1) is 9.22. The predicted octanol–water partition coefficient (Wildman–Crippen LogP) is 3.03. The van der Waals surface area contributed by atoms with E-state index in [1.807, 2.05) is 12.1 Å². The van der Waals surface area contributed by atoms with Gasteiger partial charge in [-0.05, 0) is 18.8 Å². The van der Waals surface area contributed by atoms with Crippen molar-refractivity contribution in [2.75, 3.05) is 24.3 Å². The average Bonchev–Trinajstić information content (AvgIpc) is 2.40. The van der Waals surface area contributed by atoms with E-state index in [0.29, 0.717) is 19.3 Å². The Kier molecular flexibility index (Phi) is 3.40. The van der Waals surface area contributed by atoms with E-state index < -0.39 is 0 Å². The molecule has 1 saturated carbocycles. The van der Waals surface area contributed by atoms with Crippen LogP contribution >= 0.6 is 0 Å². The molecule has 1 aromatic carbocycles. The van der Waals surface area contributed by atoms with Crippen molar-refractivity contribution in [3.63, 3.8) is 0 Å². The average molecular weight is 262 g/mol. The van der Waals surface area contributed by atoms with Gasteiger partial charge >= 0.3 is 0 Å². The molecule has 0 amide bonds. The van der Waals surface area contributed by atoms with Crippen LogP contribution in [-0.4, -0.2) is 19.3 Å². The quantitative estimate of drug-likeness (QED) is 0.804. The Bertz CT molecular complexity index is 462. The molecule has 0 spiro atoms. The van der Waals surface area contributed by atoms with Crippen molar-refractivity contribution < 1.29 is 9.47 Å². The largest absolute Gasteiger partial charge is 0.486 e. The van der Waals surface area contributed by atoms with Gasteiger partial charge in [0.2, 0.25) is 0 Å². The van der Waals surface area contributed by atoms with Crippen molar-refractivity contribution in [1.29, 1.82) is 0 Å². The van der Waals surface area contributed by atoms with Gasteiger partial charge in [0.25, 0.3) is 0 Å². The molecule has 1 heterocycles. The third-order valence-electron chi connectivity index (χ3n) is 4.01. The molecule has 3 rings (SSSR count). The molecule has 0 radical (unpaired) electrons. The fraction of sp³-hybridized carbons (Fsp3) is 0.600. The molecule has 0 saturated heterocycles. The molecular formula is C15H22N2O2. The third-order valence-corrected chi connectivity index (χ3v) is 4.01. The summed E-state index contributed by atoms with van der Waals surface area (Å²) in [6.07, 6.45) is 5.07. The first-order valence-corrected chi connectivity index (χ1v) is 7.18. The monoisotopic (exact) mass is 262 g/mol. The number of benzene rings is 1. The minimum absolute atomic E-state index is 0.522. The highest BCUT2D eigenvalue weighted by Crippen LogP contribution is 2.38. The van der Waals surface area contributed by atoms with Gasteiger partial charge in [0, 0.05) is 18.2 Å². The van der Waals surface area contributed by atoms with Crippen LogP contribution in [0.5, 0.6) is 11.5 Å². The summed E-state index contributed by atoms with van der Waals surface area (Å²) >= 11 is 0. The third kappa shape index (κ3) is 2.72. The Morgan fingerprint density at radius 1 is 1.16 bits per heavy atom. The Morgan fingerprint density at radius 3 is 2.63 bits per heavy atom. The van der Waals surface area contributed by atoms with Gasteiger partial charge in [-0.15, -0.1) is 0 Å². The molecule has 4 nitrogen and oxygen atoms in total. The van der Waals surface area contributed by atoms with Crippen LogP contribution in [0.25, 0.3) is 0 Å². The zero-order valence-electron chi connectivity index (χ0n) is 11.4. The van der Waals surface area contributed by atoms with Crippen LogP contribution in [-0.2, 0) is 0 Å². The maximum absolute atomic E-state index is 6.10. The first kappa shape index (κ1) is 12.5. The molecule has 2 aliphatic rings. The Balaban J connectivity index is 1.76. The lowest BCUT2D eigenvalue weighted by Gasteiger charge is -2.29. The number of fused-ring (bicyclic) bond motifs is 1. The number of hydrogen-bond acceptors (Lipinski definition) is 4. The van der Waals surface area contributed by atoms with Crippen molar-refractivity contribution in [2.45, 2.75) is 38.6 Å². The smallest absolute Gasteiger partial charge is 0.163 e. The van der Waals surface area contributed by atoms with Crippen LogP contribution in [0.2, 0.25) is 0 Å². The van der Waals surface area contributed by atoms with E-state index in [1.54, 1.807) is 0 Å². The van der Waals surface area contributed by atoms with Crippen LogP contribution in [0.15, 0.2) is 12.1 Å². The second-order valence-electron chi connectivity index (χ2n) is 5.70. The van der Waals surface area contributed by atoms with Crippen LogP contribution < -0.4 is 20.5 Å². The summed E-state index contributed by atoms with van der Waals surface area (Å²) in [4.78, 5) is 0. The van der Waals surface area contributed by atoms with E-state index >= 15 is 0 Å². The Hall–Kier alpha value is -1.58. The molecule has 4 heteroatoms. The molecule has 19 heavy (non-hydrogen) atoms. The standard InChI is InChI=1S/C15H22N2O2/c1-10-3-2-4-11(7-10)17-13-9-15-14(8-12(13)16)18-5-6-19-15/h8-11,17H,2-7,16H2,1H3. The zero-order valence-corrected chi connectivity index (χ0v) is 11.4. The second-order valence-corrected chi connectivity index (χ2v) is 5.70. The van der Waals surface area contributed by atoms with E-state index in [1.165, 1.54) is 25.7 Å². The number of anilines is 2. The van der Waals surface area contributed by atoms with Crippen molar-refractivity contribution in [2.24, 2.45) is 5.92 Å². The molecule has 2 unspecified atom stereocenters. The molecule has 1 aromatic rings. The van der Waals surface area contributed by atoms with Gasteiger partial charge in [-0.1, -0.05) is 19.8 Å². The van der Waals surface area contributed by atoms with Gasteiger partial charge in [-0.2, -0.15) is 0 Å². The predicted molar refractivity (Wildman–Crippen MR) is 76.9 cm³/mol. The number of ether oxygens (including phenoxy) is 2. The van der Waals surface area contributed by atoms with Gasteiger partial charge in [0.05, 0.1) is 11.4 Å². The van der Waals surface area contributed by atoms with Crippen molar-refractivity contribution in [3.05, 3.63) is 12.1 Å². The highest BCUT2D eigenvalue weighted by Gasteiger charge is 2.21. The van der Waals surface area contributed by atoms with E-state index in [0.717, 1.165) is 28.8 Å². The lowest BCUT2D eigenvalue weighted by atomic mass is 9.87. The van der Waals surface area contributed by atoms with E-state index in [2.05, 4.69) is 12.2 Å². The minimum atomic E-state index is 0.522. The summed E-state index contributed by atoms with van der Waals surface area (Å²) in [7, 11) is 0. The van der Waals surface area contributed by atoms with Crippen molar-refractivity contribution in [1.82, 2.24) is 0 Å². The summed E-state index contributed by atoms with van der Waals surface area (Å²) in [5.41, 5.74) is 7.81. The van der Waals surface area contributed by atoms with Crippen molar-refractivity contribution >= 4 is 11.4 Å². The molecule has 0 bridgehead atoms. The number of nitrogen functional groups attached to an aromatic ring is 1. The molecule has 1 aliphatic heterocycles. The second kappa shape index (κ2) is 5.19. The fourth-order valence-corrected chi connectivity index (χ4v) is 3.01. The summed E-state index contributed by atoms with van der Waals surface area (Å²) in [5.74, 6) is 2.35. The maximum atomic E-state index is 6.10. The first-order valence-electron chi connectivity index (χ1n) is 7.18. The molecular weight excluding hydrogens is 240 g/mol. The minimum Gasteiger partial charge on any atom is -0.486 e. The molecule has 2 atom stereocenters. The number of nitrogens with two attached hydrogens (primary N) is 1. The zero-order chi connectivity index (χ0) is 13.2. The Labute approximate surface area is 114 Å². The number of nitrogens with one attached hydrogen (secondary N) is 1. The molecule has 104 valence electrons. The summed E-state index contributed by atoms with van der Waals surface area (Å²) in [5, 5.41) is 3.57. The maximum Gasteiger partial charge on any atom is 0.163 e. The van der Waals surface area contributed by atoms with Crippen LogP contribution in [0.1, 0.15) is 32.6 Å². The summed E-state index contributed by atoms with van der Waals surface area (Å²) in [6, 6.07) is 4.36. The topological polar surface area (TPSA) is 56.5 Å². The lowest BCUT2D eigenvalue weighted by Crippen LogP contribution is -2.26.